The van der Waals surface area contributed by atoms with Crippen LogP contribution in [0.1, 0.15) is 5.56 Å². The van der Waals surface area contributed by atoms with Crippen LogP contribution in [0.15, 0.2) is 29.1 Å². The van der Waals surface area contributed by atoms with Gasteiger partial charge in [0.25, 0.3) is 0 Å². The first-order valence-corrected chi connectivity index (χ1v) is 6.02. The maximum atomic E-state index is 11.8. The van der Waals surface area contributed by atoms with Gasteiger partial charge in [0.1, 0.15) is 10.9 Å². The van der Waals surface area contributed by atoms with E-state index in [0.29, 0.717) is 6.54 Å². The third kappa shape index (κ3) is 1.61. The van der Waals surface area contributed by atoms with E-state index < -0.39 is 0 Å². The molecule has 0 saturated heterocycles. The Bertz CT molecular complexity index is 679. The lowest BCUT2D eigenvalue weighted by Crippen LogP contribution is -2.28. The Balaban J connectivity index is 2.32. The summed E-state index contributed by atoms with van der Waals surface area (Å²) in [4.78, 5) is 15.5. The number of methoxy groups -OCH3 is 1. The lowest BCUT2D eigenvalue weighted by Gasteiger charge is -2.22. The highest BCUT2D eigenvalue weighted by Crippen LogP contribution is 2.34. The standard InChI is InChI=1S/C13H11ClN2O2/c1-18-11-4-2-3-8-9(11)5-6-16-10(8)7-12(14)15-13(16)17/h2-4,7H,5-6H2,1H3. The van der Waals surface area contributed by atoms with Crippen LogP contribution in [0.5, 0.6) is 5.75 Å². The SMILES string of the molecule is COc1cccc2c1CCn1c-2cc(Cl)nc1=O. The summed E-state index contributed by atoms with van der Waals surface area (Å²) in [5.74, 6) is 0.846. The first-order chi connectivity index (χ1) is 8.70. The van der Waals surface area contributed by atoms with E-state index in [2.05, 4.69) is 4.98 Å². The summed E-state index contributed by atoms with van der Waals surface area (Å²) in [6, 6.07) is 7.53. The van der Waals surface area contributed by atoms with Gasteiger partial charge in [-0.1, -0.05) is 23.7 Å². The van der Waals surface area contributed by atoms with E-state index in [1.807, 2.05) is 18.2 Å². The quantitative estimate of drug-likeness (QED) is 0.740. The number of benzene rings is 1. The minimum Gasteiger partial charge on any atom is -0.496 e. The lowest BCUT2D eigenvalue weighted by atomic mass is 9.97. The normalized spacial score (nSPS) is 12.8. The van der Waals surface area contributed by atoms with Gasteiger partial charge in [0.2, 0.25) is 0 Å². The van der Waals surface area contributed by atoms with Gasteiger partial charge < -0.3 is 4.74 Å². The number of nitrogens with zero attached hydrogens (tertiary/aromatic N) is 2. The van der Waals surface area contributed by atoms with Crippen molar-refractivity contribution in [1.82, 2.24) is 9.55 Å². The summed E-state index contributed by atoms with van der Waals surface area (Å²) in [5.41, 5.74) is 2.61. The number of aromatic nitrogens is 2. The molecule has 0 N–H and O–H groups in total. The van der Waals surface area contributed by atoms with Crippen LogP contribution in [0.25, 0.3) is 11.3 Å². The molecule has 18 heavy (non-hydrogen) atoms. The Morgan fingerprint density at radius 2 is 2.28 bits per heavy atom. The highest BCUT2D eigenvalue weighted by Gasteiger charge is 2.20. The van der Waals surface area contributed by atoms with Crippen LogP contribution >= 0.6 is 11.6 Å². The van der Waals surface area contributed by atoms with Crippen molar-refractivity contribution in [3.63, 3.8) is 0 Å². The maximum Gasteiger partial charge on any atom is 0.349 e. The lowest BCUT2D eigenvalue weighted by molar-refractivity contribution is 0.407. The Morgan fingerprint density at radius 1 is 1.44 bits per heavy atom. The fourth-order valence-corrected chi connectivity index (χ4v) is 2.57. The van der Waals surface area contributed by atoms with Gasteiger partial charge in [0, 0.05) is 23.7 Å². The Hall–Kier alpha value is -1.81. The Kier molecular flexibility index (Phi) is 2.59. The van der Waals surface area contributed by atoms with Crippen LogP contribution in [-0.2, 0) is 13.0 Å². The third-order valence-corrected chi connectivity index (χ3v) is 3.39. The van der Waals surface area contributed by atoms with Gasteiger partial charge in [0.05, 0.1) is 12.8 Å². The molecule has 2 aromatic rings. The van der Waals surface area contributed by atoms with Gasteiger partial charge in [-0.15, -0.1) is 0 Å². The number of rotatable bonds is 1. The highest BCUT2D eigenvalue weighted by atomic mass is 35.5. The zero-order valence-electron chi connectivity index (χ0n) is 9.81. The highest BCUT2D eigenvalue weighted by molar-refractivity contribution is 6.29. The third-order valence-electron chi connectivity index (χ3n) is 3.19. The van der Waals surface area contributed by atoms with E-state index in [4.69, 9.17) is 16.3 Å². The van der Waals surface area contributed by atoms with E-state index in [-0.39, 0.29) is 10.8 Å². The number of hydrogen-bond donors (Lipinski definition) is 0. The predicted molar refractivity (Wildman–Crippen MR) is 69.2 cm³/mol. The fourth-order valence-electron chi connectivity index (χ4n) is 2.40. The van der Waals surface area contributed by atoms with E-state index in [1.165, 1.54) is 0 Å². The first kappa shape index (κ1) is 11.3. The molecule has 1 aromatic heterocycles. The average molecular weight is 263 g/mol. The molecule has 5 heteroatoms. The molecule has 0 aliphatic carbocycles. The zero-order valence-corrected chi connectivity index (χ0v) is 10.6. The molecular formula is C13H11ClN2O2. The zero-order chi connectivity index (χ0) is 12.7. The molecular weight excluding hydrogens is 252 g/mol. The monoisotopic (exact) mass is 262 g/mol. The van der Waals surface area contributed by atoms with Crippen molar-refractivity contribution in [3.8, 4) is 17.0 Å². The molecule has 92 valence electrons. The number of halogens is 1. The molecule has 3 rings (SSSR count). The van der Waals surface area contributed by atoms with Crippen LogP contribution in [0.4, 0.5) is 0 Å². The predicted octanol–water partition coefficient (Wildman–Crippen LogP) is 2.13. The molecule has 1 aliphatic rings. The molecule has 0 atom stereocenters. The summed E-state index contributed by atoms with van der Waals surface area (Å²) >= 11 is 5.87. The van der Waals surface area contributed by atoms with E-state index in [0.717, 1.165) is 29.0 Å². The molecule has 2 heterocycles. The second-order valence-electron chi connectivity index (χ2n) is 4.13. The molecule has 4 nitrogen and oxygen atoms in total. The second kappa shape index (κ2) is 4.14. The van der Waals surface area contributed by atoms with Gasteiger partial charge in [-0.05, 0) is 12.5 Å². The van der Waals surface area contributed by atoms with Crippen molar-refractivity contribution >= 4 is 11.6 Å². The van der Waals surface area contributed by atoms with E-state index >= 15 is 0 Å². The number of ether oxygens (including phenoxy) is 1. The van der Waals surface area contributed by atoms with Crippen LogP contribution in [0.3, 0.4) is 0 Å². The van der Waals surface area contributed by atoms with E-state index in [1.54, 1.807) is 17.7 Å². The molecule has 0 radical (unpaired) electrons. The van der Waals surface area contributed by atoms with Crippen LogP contribution < -0.4 is 10.4 Å². The summed E-state index contributed by atoms with van der Waals surface area (Å²) < 4.78 is 7.00. The minimum atomic E-state index is -0.300. The summed E-state index contributed by atoms with van der Waals surface area (Å²) in [5, 5.41) is 0.224. The number of hydrogen-bond acceptors (Lipinski definition) is 3. The Labute approximate surface area is 109 Å². The van der Waals surface area contributed by atoms with Crippen molar-refractivity contribution in [3.05, 3.63) is 45.5 Å². The molecule has 0 fully saturated rings. The maximum absolute atomic E-state index is 11.8. The van der Waals surface area contributed by atoms with Crippen molar-refractivity contribution in [1.29, 1.82) is 0 Å². The average Bonchev–Trinajstić information content (AvgIpc) is 2.37. The van der Waals surface area contributed by atoms with Crippen LogP contribution in [0, 0.1) is 0 Å². The molecule has 0 spiro atoms. The Morgan fingerprint density at radius 3 is 3.06 bits per heavy atom. The first-order valence-electron chi connectivity index (χ1n) is 5.64. The second-order valence-corrected chi connectivity index (χ2v) is 4.52. The molecule has 0 unspecified atom stereocenters. The van der Waals surface area contributed by atoms with Crippen LogP contribution in [-0.4, -0.2) is 16.7 Å². The topological polar surface area (TPSA) is 44.1 Å². The molecule has 1 aliphatic heterocycles. The van der Waals surface area contributed by atoms with E-state index in [9.17, 15) is 4.79 Å². The van der Waals surface area contributed by atoms with Gasteiger partial charge >= 0.3 is 5.69 Å². The molecule has 0 amide bonds. The van der Waals surface area contributed by atoms with Crippen molar-refractivity contribution in [2.24, 2.45) is 0 Å². The summed E-state index contributed by atoms with van der Waals surface area (Å²) in [7, 11) is 1.65. The molecule has 0 bridgehead atoms. The molecule has 0 saturated carbocycles. The molecule has 1 aromatic carbocycles. The largest absolute Gasteiger partial charge is 0.496 e. The minimum absolute atomic E-state index is 0.224. The summed E-state index contributed by atoms with van der Waals surface area (Å²) in [6.45, 7) is 0.603. The number of fused-ring (bicyclic) bond motifs is 3. The van der Waals surface area contributed by atoms with Gasteiger partial charge in [0.15, 0.2) is 0 Å². The van der Waals surface area contributed by atoms with Crippen molar-refractivity contribution in [2.45, 2.75) is 13.0 Å². The van der Waals surface area contributed by atoms with Gasteiger partial charge in [-0.2, -0.15) is 4.98 Å². The fraction of sp³-hybridized carbons (Fsp3) is 0.231. The summed E-state index contributed by atoms with van der Waals surface area (Å²) in [6.07, 6.45) is 0.759. The van der Waals surface area contributed by atoms with Gasteiger partial charge in [-0.25, -0.2) is 4.79 Å². The smallest absolute Gasteiger partial charge is 0.349 e. The van der Waals surface area contributed by atoms with Gasteiger partial charge in [-0.3, -0.25) is 4.57 Å². The van der Waals surface area contributed by atoms with Crippen LogP contribution in [0.2, 0.25) is 5.15 Å². The van der Waals surface area contributed by atoms with Crippen molar-refractivity contribution in [2.75, 3.05) is 7.11 Å². The van der Waals surface area contributed by atoms with Crippen molar-refractivity contribution < 1.29 is 4.74 Å².